The van der Waals surface area contributed by atoms with E-state index in [2.05, 4.69) is 4.98 Å². The Morgan fingerprint density at radius 3 is 2.61 bits per heavy atom. The highest BCUT2D eigenvalue weighted by atomic mass is 16.6. The molecule has 2 aromatic carbocycles. The van der Waals surface area contributed by atoms with Gasteiger partial charge in [0.25, 0.3) is 5.69 Å². The van der Waals surface area contributed by atoms with Crippen molar-refractivity contribution in [1.82, 2.24) is 9.88 Å². The molecule has 9 heteroatoms. The highest BCUT2D eigenvalue weighted by molar-refractivity contribution is 6.20. The number of carboxylic acid groups (broad SMARTS) is 1. The lowest BCUT2D eigenvalue weighted by molar-refractivity contribution is -0.384. The number of likely N-dealkylation sites (tertiary alicyclic amines) is 1. The lowest BCUT2D eigenvalue weighted by Gasteiger charge is -2.33. The number of nitro benzene ring substituents is 1. The molecule has 33 heavy (non-hydrogen) atoms. The molecule has 2 aliphatic rings. The van der Waals surface area contributed by atoms with E-state index in [1.807, 2.05) is 19.9 Å². The number of benzene rings is 2. The first-order valence-electron chi connectivity index (χ1n) is 10.8. The van der Waals surface area contributed by atoms with Crippen molar-refractivity contribution in [2.45, 2.75) is 38.2 Å². The summed E-state index contributed by atoms with van der Waals surface area (Å²) < 4.78 is 6.15. The Kier molecular flexibility index (Phi) is 4.66. The maximum atomic E-state index is 13.5. The number of ether oxygens (including phenoxy) is 1. The van der Waals surface area contributed by atoms with Crippen molar-refractivity contribution in [2.24, 2.45) is 0 Å². The van der Waals surface area contributed by atoms with Crippen molar-refractivity contribution in [2.75, 3.05) is 13.1 Å². The van der Waals surface area contributed by atoms with Gasteiger partial charge in [0.15, 0.2) is 5.78 Å². The molecule has 0 spiro atoms. The molecule has 0 bridgehead atoms. The molecule has 0 atom stereocenters. The molecule has 1 aliphatic carbocycles. The number of amides is 1. The number of aromatic nitrogens is 1. The van der Waals surface area contributed by atoms with Gasteiger partial charge in [0.05, 0.1) is 10.5 Å². The summed E-state index contributed by atoms with van der Waals surface area (Å²) in [6, 6.07) is 9.91. The number of rotatable bonds is 3. The average Bonchev–Trinajstić information content (AvgIpc) is 3.18. The monoisotopic (exact) mass is 449 g/mol. The second-order valence-electron chi connectivity index (χ2n) is 9.11. The third-order valence-corrected chi connectivity index (χ3v) is 6.77. The van der Waals surface area contributed by atoms with Gasteiger partial charge in [-0.25, -0.2) is 4.79 Å². The van der Waals surface area contributed by atoms with Gasteiger partial charge in [-0.05, 0) is 29.8 Å². The Hall–Kier alpha value is -3.88. The van der Waals surface area contributed by atoms with Crippen LogP contribution in [0.15, 0.2) is 36.4 Å². The number of hydrogen-bond acceptors (Lipinski definition) is 5. The molecular weight excluding hydrogens is 426 g/mol. The molecule has 5 rings (SSSR count). The van der Waals surface area contributed by atoms with Crippen molar-refractivity contribution in [1.29, 1.82) is 0 Å². The zero-order chi connectivity index (χ0) is 23.5. The predicted octanol–water partition coefficient (Wildman–Crippen LogP) is 4.47. The van der Waals surface area contributed by atoms with E-state index < -0.39 is 16.4 Å². The number of carbonyl (C=O) groups is 2. The van der Waals surface area contributed by atoms with Crippen LogP contribution in [0.5, 0.6) is 5.75 Å². The SMILES string of the molecule is CC1(C)c2cc(OC3CCN(C(=O)O)CC3)ccc2C(=O)c2c1[nH]c1ccc([N+](=O)[O-])cc21. The summed E-state index contributed by atoms with van der Waals surface area (Å²) in [5.41, 5.74) is 2.64. The molecule has 2 heterocycles. The number of nitrogens with one attached hydrogen (secondary N) is 1. The first-order valence-corrected chi connectivity index (χ1v) is 10.8. The van der Waals surface area contributed by atoms with Crippen molar-refractivity contribution in [3.63, 3.8) is 0 Å². The topological polar surface area (TPSA) is 126 Å². The first kappa shape index (κ1) is 21.0. The van der Waals surface area contributed by atoms with Gasteiger partial charge in [-0.15, -0.1) is 0 Å². The summed E-state index contributed by atoms with van der Waals surface area (Å²) in [5.74, 6) is 0.464. The number of ketones is 1. The minimum atomic E-state index is -0.915. The number of H-pyrrole nitrogens is 1. The van der Waals surface area contributed by atoms with E-state index in [4.69, 9.17) is 9.84 Å². The number of hydrogen-bond donors (Lipinski definition) is 2. The van der Waals surface area contributed by atoms with Gasteiger partial charge < -0.3 is 19.7 Å². The van der Waals surface area contributed by atoms with Crippen molar-refractivity contribution < 1.29 is 24.4 Å². The molecule has 1 aromatic heterocycles. The molecule has 0 unspecified atom stereocenters. The van der Waals surface area contributed by atoms with E-state index in [9.17, 15) is 19.7 Å². The van der Waals surface area contributed by atoms with E-state index in [1.165, 1.54) is 17.0 Å². The Morgan fingerprint density at radius 1 is 1.21 bits per heavy atom. The van der Waals surface area contributed by atoms with Crippen LogP contribution in [-0.4, -0.2) is 51.0 Å². The van der Waals surface area contributed by atoms with Crippen molar-refractivity contribution >= 4 is 28.5 Å². The Labute approximate surface area is 189 Å². The van der Waals surface area contributed by atoms with Crippen LogP contribution in [0.2, 0.25) is 0 Å². The standard InChI is InChI=1S/C24H23N3O6/c1-24(2)18-12-15(33-14-7-9-26(10-8-14)23(29)30)4-5-16(18)21(28)20-17-11-13(27(31)32)3-6-19(17)25-22(20)24/h3-6,11-12,14,25H,7-10H2,1-2H3,(H,29,30). The quantitative estimate of drug-likeness (QED) is 0.449. The van der Waals surface area contributed by atoms with Crippen molar-refractivity contribution in [3.05, 3.63) is 68.9 Å². The fraction of sp³-hybridized carbons (Fsp3) is 0.333. The van der Waals surface area contributed by atoms with Crippen LogP contribution < -0.4 is 4.74 Å². The zero-order valence-electron chi connectivity index (χ0n) is 18.3. The number of nitro groups is 1. The third-order valence-electron chi connectivity index (χ3n) is 6.77. The number of aromatic amines is 1. The molecule has 2 N–H and O–H groups in total. The predicted molar refractivity (Wildman–Crippen MR) is 120 cm³/mol. The highest BCUT2D eigenvalue weighted by Crippen LogP contribution is 2.45. The summed E-state index contributed by atoms with van der Waals surface area (Å²) in [5, 5.41) is 20.9. The maximum absolute atomic E-state index is 13.5. The summed E-state index contributed by atoms with van der Waals surface area (Å²) in [6.07, 6.45) is 0.208. The molecule has 1 amide bonds. The summed E-state index contributed by atoms with van der Waals surface area (Å²) in [7, 11) is 0. The zero-order valence-corrected chi connectivity index (χ0v) is 18.3. The smallest absolute Gasteiger partial charge is 0.407 e. The number of piperidine rings is 1. The lowest BCUT2D eigenvalue weighted by atomic mass is 9.71. The van der Waals surface area contributed by atoms with Crippen LogP contribution in [0.1, 0.15) is 53.9 Å². The van der Waals surface area contributed by atoms with Gasteiger partial charge >= 0.3 is 6.09 Å². The fourth-order valence-electron chi connectivity index (χ4n) is 4.94. The van der Waals surface area contributed by atoms with Crippen LogP contribution >= 0.6 is 0 Å². The number of nitrogens with zero attached hydrogens (tertiary/aromatic N) is 2. The molecule has 1 fully saturated rings. The Bertz CT molecular complexity index is 1320. The number of carbonyl (C=O) groups excluding carboxylic acids is 1. The molecule has 1 saturated heterocycles. The summed E-state index contributed by atoms with van der Waals surface area (Å²) in [4.78, 5) is 40.1. The van der Waals surface area contributed by atoms with Crippen LogP contribution in [0.4, 0.5) is 10.5 Å². The van der Waals surface area contributed by atoms with Gasteiger partial charge in [0.2, 0.25) is 0 Å². The summed E-state index contributed by atoms with van der Waals surface area (Å²) in [6.45, 7) is 4.88. The largest absolute Gasteiger partial charge is 0.490 e. The van der Waals surface area contributed by atoms with Crippen LogP contribution in [-0.2, 0) is 5.41 Å². The molecule has 0 saturated carbocycles. The van der Waals surface area contributed by atoms with E-state index in [-0.39, 0.29) is 17.6 Å². The molecule has 3 aromatic rings. The van der Waals surface area contributed by atoms with E-state index in [0.717, 1.165) is 11.3 Å². The Balaban J connectivity index is 1.50. The van der Waals surface area contributed by atoms with Gasteiger partial charge in [-0.1, -0.05) is 13.8 Å². The van der Waals surface area contributed by atoms with Gasteiger partial charge in [-0.3, -0.25) is 14.9 Å². The second kappa shape index (κ2) is 7.33. The van der Waals surface area contributed by atoms with E-state index >= 15 is 0 Å². The molecule has 0 radical (unpaired) electrons. The average molecular weight is 449 g/mol. The minimum absolute atomic E-state index is 0.0570. The highest BCUT2D eigenvalue weighted by Gasteiger charge is 2.40. The minimum Gasteiger partial charge on any atom is -0.490 e. The molecule has 9 nitrogen and oxygen atoms in total. The van der Waals surface area contributed by atoms with E-state index in [1.54, 1.807) is 18.2 Å². The number of fused-ring (bicyclic) bond motifs is 4. The van der Waals surface area contributed by atoms with Crippen molar-refractivity contribution in [3.8, 4) is 5.75 Å². The van der Waals surface area contributed by atoms with Crippen LogP contribution in [0, 0.1) is 10.1 Å². The first-order chi connectivity index (χ1) is 15.7. The van der Waals surface area contributed by atoms with Gasteiger partial charge in [0, 0.05) is 65.6 Å². The summed E-state index contributed by atoms with van der Waals surface area (Å²) >= 11 is 0. The van der Waals surface area contributed by atoms with E-state index in [0.29, 0.717) is 53.7 Å². The Morgan fingerprint density at radius 2 is 1.94 bits per heavy atom. The second-order valence-corrected chi connectivity index (χ2v) is 9.11. The molecule has 170 valence electrons. The molecular formula is C24H23N3O6. The fourth-order valence-corrected chi connectivity index (χ4v) is 4.94. The normalized spacial score (nSPS) is 17.5. The van der Waals surface area contributed by atoms with Crippen LogP contribution in [0.25, 0.3) is 10.9 Å². The third kappa shape index (κ3) is 3.31. The lowest BCUT2D eigenvalue weighted by Crippen LogP contribution is -2.41. The van der Waals surface area contributed by atoms with Crippen LogP contribution in [0.3, 0.4) is 0 Å². The maximum Gasteiger partial charge on any atom is 0.407 e. The number of non-ortho nitro benzene ring substituents is 1. The molecule has 1 aliphatic heterocycles. The van der Waals surface area contributed by atoms with Gasteiger partial charge in [-0.2, -0.15) is 0 Å². The van der Waals surface area contributed by atoms with Gasteiger partial charge in [0.1, 0.15) is 11.9 Å².